The summed E-state index contributed by atoms with van der Waals surface area (Å²) in [6.45, 7) is 5.20. The van der Waals surface area contributed by atoms with Crippen molar-refractivity contribution in [1.29, 1.82) is 0 Å². The van der Waals surface area contributed by atoms with E-state index in [1.54, 1.807) is 24.3 Å². The Labute approximate surface area is 212 Å². The molecule has 0 unspecified atom stereocenters. The fraction of sp³-hybridized carbons (Fsp3) is 0.269. The minimum atomic E-state index is -1.04. The number of amides is 2. The molecule has 1 atom stereocenters. The van der Waals surface area contributed by atoms with Crippen LogP contribution in [0.15, 0.2) is 71.3 Å². The van der Waals surface area contributed by atoms with Gasteiger partial charge in [-0.15, -0.1) is 10.2 Å². The molecular formula is C26H27FN6O4. The standard InChI is InChI=1S/C26H27FN6O4/c1-26(2,3)28-25(36)23(17-8-12-20(34)13-9-17)32(15-21-5-4-14-37-21)22(35)16-33-30-24(29-31-33)18-6-10-19(27)11-7-18/h4-14,23,34H,15-16H2,1-3H3,(H,28,36)/t23-/m0/s1. The van der Waals surface area contributed by atoms with E-state index in [1.807, 2.05) is 20.8 Å². The predicted octanol–water partition coefficient (Wildman–Crippen LogP) is 3.46. The summed E-state index contributed by atoms with van der Waals surface area (Å²) in [5.74, 6) is -0.542. The molecule has 0 fully saturated rings. The third-order valence-electron chi connectivity index (χ3n) is 5.33. The lowest BCUT2D eigenvalue weighted by Gasteiger charge is -2.33. The van der Waals surface area contributed by atoms with Crippen LogP contribution in [0.5, 0.6) is 5.75 Å². The Morgan fingerprint density at radius 2 is 1.81 bits per heavy atom. The van der Waals surface area contributed by atoms with Crippen LogP contribution in [0, 0.1) is 5.82 Å². The Morgan fingerprint density at radius 1 is 1.11 bits per heavy atom. The zero-order valence-electron chi connectivity index (χ0n) is 20.6. The molecule has 2 amide bonds. The number of hydrogen-bond acceptors (Lipinski definition) is 7. The highest BCUT2D eigenvalue weighted by atomic mass is 19.1. The number of hydrogen-bond donors (Lipinski definition) is 2. The molecule has 0 bridgehead atoms. The maximum atomic E-state index is 13.7. The van der Waals surface area contributed by atoms with Crippen molar-refractivity contribution in [1.82, 2.24) is 30.4 Å². The maximum absolute atomic E-state index is 13.7. The third kappa shape index (κ3) is 6.57. The molecule has 0 saturated carbocycles. The number of rotatable bonds is 8. The summed E-state index contributed by atoms with van der Waals surface area (Å²) in [7, 11) is 0. The molecule has 2 aromatic carbocycles. The quantitative estimate of drug-likeness (QED) is 0.375. The summed E-state index contributed by atoms with van der Waals surface area (Å²) in [5, 5.41) is 24.9. The number of phenolic OH excluding ortho intramolecular Hbond substituents is 1. The van der Waals surface area contributed by atoms with Gasteiger partial charge in [-0.2, -0.15) is 4.80 Å². The lowest BCUT2D eigenvalue weighted by molar-refractivity contribution is -0.143. The second-order valence-corrected chi connectivity index (χ2v) is 9.48. The Balaban J connectivity index is 1.66. The molecule has 10 nitrogen and oxygen atoms in total. The Bertz CT molecular complexity index is 1350. The summed E-state index contributed by atoms with van der Waals surface area (Å²) in [5.41, 5.74) is 0.473. The number of benzene rings is 2. The Kier molecular flexibility index (Phi) is 7.32. The van der Waals surface area contributed by atoms with Crippen molar-refractivity contribution in [2.45, 2.75) is 45.4 Å². The number of carbonyl (C=O) groups is 2. The predicted molar refractivity (Wildman–Crippen MR) is 131 cm³/mol. The summed E-state index contributed by atoms with van der Waals surface area (Å²) in [6, 6.07) is 14.0. The molecule has 4 rings (SSSR count). The summed E-state index contributed by atoms with van der Waals surface area (Å²) in [4.78, 5) is 29.7. The van der Waals surface area contributed by atoms with E-state index < -0.39 is 29.2 Å². The first-order valence-electron chi connectivity index (χ1n) is 11.6. The minimum Gasteiger partial charge on any atom is -0.508 e. The number of furan rings is 1. The number of nitrogens with zero attached hydrogens (tertiary/aromatic N) is 5. The first kappa shape index (κ1) is 25.5. The zero-order chi connectivity index (χ0) is 26.6. The van der Waals surface area contributed by atoms with E-state index in [2.05, 4.69) is 20.7 Å². The highest BCUT2D eigenvalue weighted by Crippen LogP contribution is 2.27. The molecule has 11 heteroatoms. The van der Waals surface area contributed by atoms with Crippen LogP contribution in [0.3, 0.4) is 0 Å². The van der Waals surface area contributed by atoms with Crippen molar-refractivity contribution in [3.63, 3.8) is 0 Å². The number of nitrogens with one attached hydrogen (secondary N) is 1. The lowest BCUT2D eigenvalue weighted by Crippen LogP contribution is -2.49. The van der Waals surface area contributed by atoms with Crippen LogP contribution in [0.4, 0.5) is 4.39 Å². The Morgan fingerprint density at radius 3 is 2.43 bits per heavy atom. The van der Waals surface area contributed by atoms with Gasteiger partial charge in [0.1, 0.15) is 29.9 Å². The Hall–Kier alpha value is -4.54. The normalized spacial score (nSPS) is 12.2. The van der Waals surface area contributed by atoms with Crippen molar-refractivity contribution in [2.24, 2.45) is 0 Å². The molecule has 0 spiro atoms. The van der Waals surface area contributed by atoms with E-state index in [9.17, 15) is 19.1 Å². The summed E-state index contributed by atoms with van der Waals surface area (Å²) in [6.07, 6.45) is 1.48. The van der Waals surface area contributed by atoms with Crippen molar-refractivity contribution in [3.8, 4) is 17.1 Å². The molecule has 0 saturated heterocycles. The molecule has 2 N–H and O–H groups in total. The fourth-order valence-electron chi connectivity index (χ4n) is 3.70. The molecule has 0 radical (unpaired) electrons. The fourth-order valence-corrected chi connectivity index (χ4v) is 3.70. The molecular weight excluding hydrogens is 479 g/mol. The molecule has 0 aliphatic rings. The van der Waals surface area contributed by atoms with E-state index in [0.29, 0.717) is 16.9 Å². The van der Waals surface area contributed by atoms with Crippen LogP contribution in [0.25, 0.3) is 11.4 Å². The van der Waals surface area contributed by atoms with Gasteiger partial charge in [0.15, 0.2) is 0 Å². The summed E-state index contributed by atoms with van der Waals surface area (Å²) < 4.78 is 18.7. The smallest absolute Gasteiger partial charge is 0.247 e. The van der Waals surface area contributed by atoms with Crippen molar-refractivity contribution in [3.05, 3.63) is 84.1 Å². The van der Waals surface area contributed by atoms with Crippen molar-refractivity contribution in [2.75, 3.05) is 0 Å². The molecule has 0 aliphatic carbocycles. The highest BCUT2D eigenvalue weighted by molar-refractivity contribution is 5.89. The average Bonchev–Trinajstić information content (AvgIpc) is 3.51. The highest BCUT2D eigenvalue weighted by Gasteiger charge is 2.34. The second kappa shape index (κ2) is 10.6. The molecule has 2 heterocycles. The summed E-state index contributed by atoms with van der Waals surface area (Å²) >= 11 is 0. The van der Waals surface area contributed by atoms with Crippen molar-refractivity contribution < 1.29 is 23.5 Å². The number of aromatic nitrogens is 4. The monoisotopic (exact) mass is 506 g/mol. The van der Waals surface area contributed by atoms with Crippen LogP contribution < -0.4 is 5.32 Å². The number of halogens is 1. The SMILES string of the molecule is CC(C)(C)NC(=O)[C@H](c1ccc(O)cc1)N(Cc1ccco1)C(=O)Cn1nnc(-c2ccc(F)cc2)n1. The number of tetrazole rings is 1. The van der Waals surface area contributed by atoms with E-state index >= 15 is 0 Å². The van der Waals surface area contributed by atoms with Crippen LogP contribution in [0.1, 0.15) is 38.1 Å². The molecule has 0 aliphatic heterocycles. The lowest BCUT2D eigenvalue weighted by atomic mass is 10.0. The average molecular weight is 507 g/mol. The van der Waals surface area contributed by atoms with Gasteiger partial charge in [-0.05, 0) is 80.1 Å². The van der Waals surface area contributed by atoms with Gasteiger partial charge >= 0.3 is 0 Å². The van der Waals surface area contributed by atoms with Crippen LogP contribution in [0.2, 0.25) is 0 Å². The molecule has 4 aromatic rings. The van der Waals surface area contributed by atoms with Gasteiger partial charge in [-0.3, -0.25) is 9.59 Å². The topological polar surface area (TPSA) is 126 Å². The van der Waals surface area contributed by atoms with Crippen molar-refractivity contribution >= 4 is 11.8 Å². The van der Waals surface area contributed by atoms with Gasteiger partial charge in [-0.25, -0.2) is 4.39 Å². The van der Waals surface area contributed by atoms with Gasteiger partial charge in [0.25, 0.3) is 0 Å². The largest absolute Gasteiger partial charge is 0.508 e. The second-order valence-electron chi connectivity index (χ2n) is 9.48. The number of aromatic hydroxyl groups is 1. The molecule has 192 valence electrons. The van der Waals surface area contributed by atoms with Gasteiger partial charge < -0.3 is 19.7 Å². The van der Waals surface area contributed by atoms with E-state index in [1.165, 1.54) is 47.6 Å². The molecule has 2 aromatic heterocycles. The molecule has 37 heavy (non-hydrogen) atoms. The van der Waals surface area contributed by atoms with Gasteiger partial charge in [0, 0.05) is 11.1 Å². The van der Waals surface area contributed by atoms with Gasteiger partial charge in [-0.1, -0.05) is 12.1 Å². The number of phenols is 1. The first-order chi connectivity index (χ1) is 17.6. The number of carbonyl (C=O) groups excluding carboxylic acids is 2. The maximum Gasteiger partial charge on any atom is 0.247 e. The van der Waals surface area contributed by atoms with Crippen LogP contribution in [-0.4, -0.2) is 47.6 Å². The van der Waals surface area contributed by atoms with Crippen LogP contribution in [-0.2, 0) is 22.7 Å². The van der Waals surface area contributed by atoms with E-state index in [0.717, 1.165) is 4.80 Å². The zero-order valence-corrected chi connectivity index (χ0v) is 20.6. The van der Waals surface area contributed by atoms with Crippen LogP contribution >= 0.6 is 0 Å². The third-order valence-corrected chi connectivity index (χ3v) is 5.33. The first-order valence-corrected chi connectivity index (χ1v) is 11.6. The minimum absolute atomic E-state index is 0.00550. The van der Waals surface area contributed by atoms with E-state index in [4.69, 9.17) is 4.42 Å². The van der Waals surface area contributed by atoms with E-state index in [-0.39, 0.29) is 24.7 Å². The van der Waals surface area contributed by atoms with Gasteiger partial charge in [0.05, 0.1) is 12.8 Å². The van der Waals surface area contributed by atoms with Gasteiger partial charge in [0.2, 0.25) is 17.6 Å².